The number of aromatic carboxylic acids is 1. The van der Waals surface area contributed by atoms with Gasteiger partial charge >= 0.3 is 5.97 Å². The number of nitrogens with zero attached hydrogens (tertiary/aromatic N) is 1. The van der Waals surface area contributed by atoms with Gasteiger partial charge in [-0.1, -0.05) is 22.4 Å². The second-order valence-corrected chi connectivity index (χ2v) is 6.24. The van der Waals surface area contributed by atoms with Crippen LogP contribution in [0.25, 0.3) is 0 Å². The lowest BCUT2D eigenvalue weighted by Crippen LogP contribution is -2.23. The third-order valence-corrected chi connectivity index (χ3v) is 4.75. The van der Waals surface area contributed by atoms with E-state index in [1.165, 1.54) is 19.3 Å². The number of carboxylic acid groups (broad SMARTS) is 1. The van der Waals surface area contributed by atoms with Gasteiger partial charge in [0.25, 0.3) is 0 Å². The van der Waals surface area contributed by atoms with E-state index in [0.29, 0.717) is 5.56 Å². The summed E-state index contributed by atoms with van der Waals surface area (Å²) in [5, 5.41) is 9.31. The van der Waals surface area contributed by atoms with Crippen LogP contribution in [0.5, 0.6) is 0 Å². The molecule has 1 aliphatic carbocycles. The van der Waals surface area contributed by atoms with Crippen molar-refractivity contribution in [2.45, 2.75) is 19.3 Å². The highest BCUT2D eigenvalue weighted by atomic mass is 79.9. The summed E-state index contributed by atoms with van der Waals surface area (Å²) in [6, 6.07) is 5.55. The first-order valence-corrected chi connectivity index (χ1v) is 7.22. The van der Waals surface area contributed by atoms with Crippen molar-refractivity contribution in [3.8, 4) is 0 Å². The van der Waals surface area contributed by atoms with Crippen molar-refractivity contribution >= 4 is 27.6 Å². The summed E-state index contributed by atoms with van der Waals surface area (Å²) in [5.41, 5.74) is 1.28. The molecule has 1 saturated heterocycles. The number of anilines is 1. The van der Waals surface area contributed by atoms with E-state index in [0.717, 1.165) is 35.1 Å². The van der Waals surface area contributed by atoms with Gasteiger partial charge in [0.1, 0.15) is 0 Å². The number of rotatable bonds is 2. The molecule has 2 fully saturated rings. The van der Waals surface area contributed by atoms with Crippen LogP contribution in [0.3, 0.4) is 0 Å². The fourth-order valence-corrected chi connectivity index (χ4v) is 3.75. The van der Waals surface area contributed by atoms with E-state index >= 15 is 0 Å². The maximum Gasteiger partial charge on any atom is 0.337 e. The lowest BCUT2D eigenvalue weighted by Gasteiger charge is -2.21. The Bertz CT molecular complexity index is 477. The Kier molecular flexibility index (Phi) is 3.06. The Hall–Kier alpha value is -1.03. The first-order chi connectivity index (χ1) is 8.65. The molecule has 2 atom stereocenters. The lowest BCUT2D eigenvalue weighted by molar-refractivity contribution is 0.0697. The summed E-state index contributed by atoms with van der Waals surface area (Å²) in [6.45, 7) is 2.04. The van der Waals surface area contributed by atoms with Crippen molar-refractivity contribution in [2.24, 2.45) is 11.8 Å². The number of fused-ring (bicyclic) bond motifs is 1. The van der Waals surface area contributed by atoms with Gasteiger partial charge in [0.05, 0.1) is 11.3 Å². The molecule has 0 amide bonds. The smallest absolute Gasteiger partial charge is 0.337 e. The first kappa shape index (κ1) is 12.0. The number of benzene rings is 1. The van der Waals surface area contributed by atoms with Gasteiger partial charge in [0.2, 0.25) is 0 Å². The van der Waals surface area contributed by atoms with E-state index < -0.39 is 5.97 Å². The molecule has 4 heteroatoms. The molecule has 1 N–H and O–H groups in total. The van der Waals surface area contributed by atoms with Crippen LogP contribution in [0, 0.1) is 11.8 Å². The Morgan fingerprint density at radius 3 is 2.56 bits per heavy atom. The number of hydrogen-bond donors (Lipinski definition) is 1. The minimum absolute atomic E-state index is 0.407. The Balaban J connectivity index is 1.90. The van der Waals surface area contributed by atoms with Gasteiger partial charge < -0.3 is 10.0 Å². The van der Waals surface area contributed by atoms with Crippen LogP contribution in [0.1, 0.15) is 29.6 Å². The molecule has 3 rings (SSSR count). The van der Waals surface area contributed by atoms with Crippen LogP contribution >= 0.6 is 15.9 Å². The van der Waals surface area contributed by atoms with E-state index in [9.17, 15) is 9.90 Å². The van der Waals surface area contributed by atoms with Crippen molar-refractivity contribution in [2.75, 3.05) is 18.0 Å². The predicted molar refractivity (Wildman–Crippen MR) is 74.1 cm³/mol. The van der Waals surface area contributed by atoms with Crippen molar-refractivity contribution in [3.63, 3.8) is 0 Å². The highest BCUT2D eigenvalue weighted by Gasteiger charge is 2.37. The quantitative estimate of drug-likeness (QED) is 0.910. The fourth-order valence-electron chi connectivity index (χ4n) is 3.39. The minimum atomic E-state index is -0.844. The molecule has 1 aliphatic heterocycles. The number of carboxylic acids is 1. The van der Waals surface area contributed by atoms with Gasteiger partial charge in [0.15, 0.2) is 0 Å². The molecule has 2 unspecified atom stereocenters. The van der Waals surface area contributed by atoms with E-state index in [1.807, 2.05) is 12.1 Å². The molecule has 3 nitrogen and oxygen atoms in total. The Labute approximate surface area is 115 Å². The largest absolute Gasteiger partial charge is 0.478 e. The first-order valence-electron chi connectivity index (χ1n) is 6.43. The van der Waals surface area contributed by atoms with Crippen LogP contribution in [0.4, 0.5) is 5.69 Å². The summed E-state index contributed by atoms with van der Waals surface area (Å²) < 4.78 is 0.822. The molecule has 1 saturated carbocycles. The topological polar surface area (TPSA) is 40.5 Å². The zero-order valence-electron chi connectivity index (χ0n) is 10.1. The minimum Gasteiger partial charge on any atom is -0.478 e. The fraction of sp³-hybridized carbons (Fsp3) is 0.500. The van der Waals surface area contributed by atoms with E-state index in [1.54, 1.807) is 6.07 Å². The van der Waals surface area contributed by atoms with Crippen LogP contribution in [0.15, 0.2) is 22.7 Å². The standard InChI is InChI=1S/C14H16BrNO2/c15-11-4-5-13(12(6-11)14(17)18)16-7-9-2-1-3-10(9)8-16/h4-6,9-10H,1-3,7-8H2,(H,17,18). The normalized spacial score (nSPS) is 26.4. The van der Waals surface area contributed by atoms with Crippen molar-refractivity contribution < 1.29 is 9.90 Å². The lowest BCUT2D eigenvalue weighted by atomic mass is 10.0. The van der Waals surface area contributed by atoms with Gasteiger partial charge in [-0.2, -0.15) is 0 Å². The maximum absolute atomic E-state index is 11.3. The monoisotopic (exact) mass is 309 g/mol. The number of hydrogen-bond acceptors (Lipinski definition) is 2. The number of carbonyl (C=O) groups is 1. The van der Waals surface area contributed by atoms with Crippen molar-refractivity contribution in [1.29, 1.82) is 0 Å². The van der Waals surface area contributed by atoms with Crippen LogP contribution in [0.2, 0.25) is 0 Å². The molecule has 0 bridgehead atoms. The molecule has 1 aromatic rings. The van der Waals surface area contributed by atoms with E-state index in [-0.39, 0.29) is 0 Å². The van der Waals surface area contributed by atoms with Gasteiger partial charge in [-0.3, -0.25) is 0 Å². The van der Waals surface area contributed by atoms with Crippen molar-refractivity contribution in [1.82, 2.24) is 0 Å². The average molecular weight is 310 g/mol. The number of halogens is 1. The predicted octanol–water partition coefficient (Wildman–Crippen LogP) is 3.38. The summed E-state index contributed by atoms with van der Waals surface area (Å²) in [6.07, 6.45) is 3.95. The molecule has 0 spiro atoms. The van der Waals surface area contributed by atoms with Gasteiger partial charge in [-0.05, 0) is 42.9 Å². The third-order valence-electron chi connectivity index (χ3n) is 4.26. The van der Waals surface area contributed by atoms with Crippen molar-refractivity contribution in [3.05, 3.63) is 28.2 Å². The molecule has 0 aromatic heterocycles. The van der Waals surface area contributed by atoms with Crippen LogP contribution in [-0.2, 0) is 0 Å². The summed E-state index contributed by atoms with van der Waals surface area (Å²) >= 11 is 3.34. The van der Waals surface area contributed by atoms with Crippen LogP contribution in [-0.4, -0.2) is 24.2 Å². The molecule has 18 heavy (non-hydrogen) atoms. The van der Waals surface area contributed by atoms with Gasteiger partial charge in [0, 0.05) is 17.6 Å². The summed E-state index contributed by atoms with van der Waals surface area (Å²) in [5.74, 6) is 0.703. The summed E-state index contributed by atoms with van der Waals surface area (Å²) in [7, 11) is 0. The third kappa shape index (κ3) is 2.03. The molecule has 1 heterocycles. The SMILES string of the molecule is O=C(O)c1cc(Br)ccc1N1CC2CCCC2C1. The highest BCUT2D eigenvalue weighted by Crippen LogP contribution is 2.40. The van der Waals surface area contributed by atoms with E-state index in [2.05, 4.69) is 20.8 Å². The molecule has 0 radical (unpaired) electrons. The summed E-state index contributed by atoms with van der Waals surface area (Å²) in [4.78, 5) is 13.6. The van der Waals surface area contributed by atoms with E-state index in [4.69, 9.17) is 0 Å². The molecular formula is C14H16BrNO2. The Morgan fingerprint density at radius 1 is 1.28 bits per heavy atom. The molecule has 1 aromatic carbocycles. The zero-order valence-corrected chi connectivity index (χ0v) is 11.7. The molecular weight excluding hydrogens is 294 g/mol. The second kappa shape index (κ2) is 4.57. The van der Waals surface area contributed by atoms with Gasteiger partial charge in [-0.15, -0.1) is 0 Å². The molecule has 96 valence electrons. The molecule has 2 aliphatic rings. The second-order valence-electron chi connectivity index (χ2n) is 5.32. The maximum atomic E-state index is 11.3. The average Bonchev–Trinajstić information content (AvgIpc) is 2.88. The van der Waals surface area contributed by atoms with Gasteiger partial charge in [-0.25, -0.2) is 4.79 Å². The highest BCUT2D eigenvalue weighted by molar-refractivity contribution is 9.10. The Morgan fingerprint density at radius 2 is 1.94 bits per heavy atom. The van der Waals surface area contributed by atoms with Crippen LogP contribution < -0.4 is 4.90 Å². The zero-order chi connectivity index (χ0) is 12.7.